The maximum absolute atomic E-state index is 12.5. The van der Waals surface area contributed by atoms with Crippen LogP contribution >= 0.6 is 24.0 Å². The Labute approximate surface area is 209 Å². The summed E-state index contributed by atoms with van der Waals surface area (Å²) in [6.07, 6.45) is 3.53. The van der Waals surface area contributed by atoms with Gasteiger partial charge in [0.2, 0.25) is 5.91 Å². The summed E-state index contributed by atoms with van der Waals surface area (Å²) in [5.41, 5.74) is 1.11. The maximum Gasteiger partial charge on any atom is 0.236 e. The number of likely N-dealkylation sites (tertiary alicyclic amines) is 1. The van der Waals surface area contributed by atoms with Gasteiger partial charge in [-0.3, -0.25) is 14.7 Å². The van der Waals surface area contributed by atoms with E-state index in [9.17, 15) is 4.79 Å². The van der Waals surface area contributed by atoms with Gasteiger partial charge >= 0.3 is 0 Å². The van der Waals surface area contributed by atoms with Crippen molar-refractivity contribution < 1.29 is 14.3 Å². The molecule has 180 valence electrons. The van der Waals surface area contributed by atoms with E-state index in [0.29, 0.717) is 19.7 Å². The molecule has 0 spiro atoms. The first-order valence-corrected chi connectivity index (χ1v) is 11.4. The first-order valence-electron chi connectivity index (χ1n) is 11.4. The predicted octanol–water partition coefficient (Wildman–Crippen LogP) is 2.42. The molecule has 1 aromatic carbocycles. The van der Waals surface area contributed by atoms with Gasteiger partial charge in [0.05, 0.1) is 20.3 Å². The minimum atomic E-state index is 0. The predicted molar refractivity (Wildman–Crippen MR) is 138 cm³/mol. The molecule has 0 radical (unpaired) electrons. The van der Waals surface area contributed by atoms with Crippen LogP contribution in [0.3, 0.4) is 0 Å². The van der Waals surface area contributed by atoms with E-state index in [1.165, 1.54) is 6.42 Å². The number of nitrogens with one attached hydrogen (secondary N) is 1. The van der Waals surface area contributed by atoms with Crippen molar-refractivity contribution >= 4 is 35.8 Å². The second kappa shape index (κ2) is 13.7. The number of benzene rings is 1. The number of hydrogen-bond donors (Lipinski definition) is 1. The number of amides is 1. The van der Waals surface area contributed by atoms with E-state index in [1.54, 1.807) is 7.11 Å². The summed E-state index contributed by atoms with van der Waals surface area (Å²) in [4.78, 5) is 23.5. The average Bonchev–Trinajstić information content (AvgIpc) is 2.81. The molecular formula is C23H38IN5O3. The number of methoxy groups -OCH3 is 1. The minimum Gasteiger partial charge on any atom is -0.493 e. The summed E-state index contributed by atoms with van der Waals surface area (Å²) in [7, 11) is 3.46. The lowest BCUT2D eigenvalue weighted by Crippen LogP contribution is -2.54. The number of piperidine rings is 1. The van der Waals surface area contributed by atoms with E-state index in [4.69, 9.17) is 9.47 Å². The van der Waals surface area contributed by atoms with Gasteiger partial charge in [-0.15, -0.1) is 24.0 Å². The third-order valence-corrected chi connectivity index (χ3v) is 5.93. The third-order valence-electron chi connectivity index (χ3n) is 5.93. The smallest absolute Gasteiger partial charge is 0.236 e. The van der Waals surface area contributed by atoms with Crippen LogP contribution in [0.25, 0.3) is 0 Å². The van der Waals surface area contributed by atoms with Crippen molar-refractivity contribution in [1.82, 2.24) is 20.0 Å². The number of rotatable bonds is 7. The molecule has 0 unspecified atom stereocenters. The van der Waals surface area contributed by atoms with Crippen molar-refractivity contribution in [3.05, 3.63) is 23.8 Å². The first-order chi connectivity index (χ1) is 15.1. The Morgan fingerprint density at radius 1 is 1.03 bits per heavy atom. The van der Waals surface area contributed by atoms with E-state index in [2.05, 4.69) is 20.1 Å². The Bertz CT molecular complexity index is 747. The molecule has 9 heteroatoms. The van der Waals surface area contributed by atoms with Gasteiger partial charge in [0, 0.05) is 52.9 Å². The van der Waals surface area contributed by atoms with Crippen LogP contribution in [0, 0.1) is 0 Å². The molecule has 32 heavy (non-hydrogen) atoms. The number of guanidine groups is 1. The monoisotopic (exact) mass is 559 g/mol. The zero-order valence-electron chi connectivity index (χ0n) is 19.6. The van der Waals surface area contributed by atoms with Gasteiger partial charge in [-0.2, -0.15) is 0 Å². The number of carbonyl (C=O) groups is 1. The highest BCUT2D eigenvalue weighted by molar-refractivity contribution is 14.0. The minimum absolute atomic E-state index is 0. The zero-order valence-corrected chi connectivity index (χ0v) is 22.0. The molecule has 2 aliphatic heterocycles. The van der Waals surface area contributed by atoms with Crippen molar-refractivity contribution in [1.29, 1.82) is 0 Å². The van der Waals surface area contributed by atoms with Crippen molar-refractivity contribution in [3.63, 3.8) is 0 Å². The molecule has 1 N–H and O–H groups in total. The molecule has 8 nitrogen and oxygen atoms in total. The Morgan fingerprint density at radius 2 is 1.75 bits per heavy atom. The molecule has 2 aliphatic rings. The molecule has 3 rings (SSSR count). The van der Waals surface area contributed by atoms with Crippen LogP contribution in [0.15, 0.2) is 23.2 Å². The molecule has 0 aliphatic carbocycles. The molecule has 1 aromatic rings. The van der Waals surface area contributed by atoms with Gasteiger partial charge in [-0.25, -0.2) is 0 Å². The number of hydrogen-bond acceptors (Lipinski definition) is 5. The maximum atomic E-state index is 12.5. The molecule has 0 saturated carbocycles. The molecule has 2 saturated heterocycles. The number of ether oxygens (including phenoxy) is 2. The summed E-state index contributed by atoms with van der Waals surface area (Å²) >= 11 is 0. The summed E-state index contributed by atoms with van der Waals surface area (Å²) in [6.45, 7) is 9.06. The number of nitrogens with zero attached hydrogens (tertiary/aromatic N) is 4. The fourth-order valence-corrected chi connectivity index (χ4v) is 4.17. The largest absolute Gasteiger partial charge is 0.493 e. The second-order valence-corrected chi connectivity index (χ2v) is 8.02. The Hall–Kier alpha value is -1.75. The SMILES string of the molecule is CCOc1cc(CNC(=NC)N2CCN(CC(=O)N3CCCCC3)CC2)ccc1OC.I. The normalized spacial score (nSPS) is 17.5. The van der Waals surface area contributed by atoms with Crippen LogP contribution in [-0.4, -0.2) is 93.1 Å². The lowest BCUT2D eigenvalue weighted by Gasteiger charge is -2.37. The van der Waals surface area contributed by atoms with Crippen molar-refractivity contribution in [2.45, 2.75) is 32.7 Å². The Kier molecular flexibility index (Phi) is 11.4. The van der Waals surface area contributed by atoms with E-state index in [0.717, 1.165) is 75.1 Å². The quantitative estimate of drug-likeness (QED) is 0.315. The summed E-state index contributed by atoms with van der Waals surface area (Å²) in [6, 6.07) is 5.97. The van der Waals surface area contributed by atoms with Crippen LogP contribution in [0.5, 0.6) is 11.5 Å². The average molecular weight is 559 g/mol. The first kappa shape index (κ1) is 26.5. The second-order valence-electron chi connectivity index (χ2n) is 8.02. The molecule has 0 bridgehead atoms. The fraction of sp³-hybridized carbons (Fsp3) is 0.652. The van der Waals surface area contributed by atoms with Gasteiger partial charge in [-0.1, -0.05) is 6.07 Å². The van der Waals surface area contributed by atoms with Crippen LogP contribution in [0.4, 0.5) is 0 Å². The van der Waals surface area contributed by atoms with E-state index in [1.807, 2.05) is 37.1 Å². The van der Waals surface area contributed by atoms with Crippen LogP contribution in [-0.2, 0) is 11.3 Å². The highest BCUT2D eigenvalue weighted by Gasteiger charge is 2.24. The van der Waals surface area contributed by atoms with Gasteiger partial charge < -0.3 is 24.6 Å². The lowest BCUT2D eigenvalue weighted by atomic mass is 10.1. The van der Waals surface area contributed by atoms with E-state index >= 15 is 0 Å². The van der Waals surface area contributed by atoms with Crippen molar-refractivity contribution in [2.24, 2.45) is 4.99 Å². The summed E-state index contributed by atoms with van der Waals surface area (Å²) in [5, 5.41) is 3.46. The third kappa shape index (κ3) is 7.40. The molecule has 0 atom stereocenters. The number of aliphatic imine (C=N–C) groups is 1. The van der Waals surface area contributed by atoms with E-state index < -0.39 is 0 Å². The van der Waals surface area contributed by atoms with Crippen LogP contribution < -0.4 is 14.8 Å². The van der Waals surface area contributed by atoms with Crippen molar-refractivity contribution in [2.75, 3.05) is 66.6 Å². The molecular weight excluding hydrogens is 521 g/mol. The number of halogens is 1. The van der Waals surface area contributed by atoms with E-state index in [-0.39, 0.29) is 29.9 Å². The molecule has 2 heterocycles. The fourth-order valence-electron chi connectivity index (χ4n) is 4.17. The highest BCUT2D eigenvalue weighted by Crippen LogP contribution is 2.28. The summed E-state index contributed by atoms with van der Waals surface area (Å²) in [5.74, 6) is 2.66. The summed E-state index contributed by atoms with van der Waals surface area (Å²) < 4.78 is 11.0. The van der Waals surface area contributed by atoms with Crippen molar-refractivity contribution in [3.8, 4) is 11.5 Å². The van der Waals surface area contributed by atoms with Crippen LogP contribution in [0.1, 0.15) is 31.7 Å². The lowest BCUT2D eigenvalue weighted by molar-refractivity contribution is -0.133. The van der Waals surface area contributed by atoms with Gasteiger partial charge in [0.25, 0.3) is 0 Å². The Morgan fingerprint density at radius 3 is 2.38 bits per heavy atom. The van der Waals surface area contributed by atoms with Crippen LogP contribution in [0.2, 0.25) is 0 Å². The topological polar surface area (TPSA) is 69.6 Å². The zero-order chi connectivity index (χ0) is 22.1. The number of carbonyl (C=O) groups excluding carboxylic acids is 1. The van der Waals surface area contributed by atoms with Gasteiger partial charge in [-0.05, 0) is 43.9 Å². The molecule has 1 amide bonds. The molecule has 2 fully saturated rings. The van der Waals surface area contributed by atoms with Gasteiger partial charge in [0.1, 0.15) is 0 Å². The standard InChI is InChI=1S/C23H37N5O3.HI/c1-4-31-21-16-19(8-9-20(21)30-3)17-25-23(24-2)28-14-12-26(13-15-28)18-22(29)27-10-6-5-7-11-27;/h8-9,16H,4-7,10-15,17-18H2,1-3H3,(H,24,25);1H. The Balaban J connectivity index is 0.00000363. The highest BCUT2D eigenvalue weighted by atomic mass is 127. The van der Waals surface area contributed by atoms with Gasteiger partial charge in [0.15, 0.2) is 17.5 Å². The number of piperazine rings is 1. The molecule has 0 aromatic heterocycles.